The molecule has 11 nitrogen and oxygen atoms in total. The summed E-state index contributed by atoms with van der Waals surface area (Å²) in [5, 5.41) is 36.2. The number of phenolic OH excluding ortho intramolecular Hbond substituents is 1. The first-order valence-corrected chi connectivity index (χ1v) is 11.8. The Morgan fingerprint density at radius 2 is 1.83 bits per heavy atom. The monoisotopic (exact) mass is 508 g/mol. The third kappa shape index (κ3) is 5.24. The van der Waals surface area contributed by atoms with Crippen molar-refractivity contribution in [1.82, 2.24) is 25.3 Å². The molecule has 3 aromatic heterocycles. The van der Waals surface area contributed by atoms with Gasteiger partial charge < -0.3 is 20.6 Å². The van der Waals surface area contributed by atoms with Crippen LogP contribution in [0.4, 0.5) is 9.93 Å². The number of thiazole rings is 1. The van der Waals surface area contributed by atoms with Gasteiger partial charge in [-0.1, -0.05) is 17.4 Å². The van der Waals surface area contributed by atoms with Crippen LogP contribution in [-0.4, -0.2) is 53.8 Å². The van der Waals surface area contributed by atoms with E-state index in [1.807, 2.05) is 0 Å². The number of aliphatic hydroxyl groups is 1. The minimum absolute atomic E-state index is 0.103. The number of nitrogens with one attached hydrogen (secondary N) is 2. The summed E-state index contributed by atoms with van der Waals surface area (Å²) in [6.45, 7) is 5.38. The molecule has 0 atom stereocenters. The first-order chi connectivity index (χ1) is 17.1. The molecule has 0 fully saturated rings. The fourth-order valence-corrected chi connectivity index (χ4v) is 4.50. The largest absolute Gasteiger partial charge is 0.507 e. The number of carboxylic acids is 1. The number of phenols is 1. The van der Waals surface area contributed by atoms with Crippen LogP contribution in [0, 0.1) is 0 Å². The van der Waals surface area contributed by atoms with Gasteiger partial charge in [0.05, 0.1) is 27.9 Å². The average molecular weight is 509 g/mol. The zero-order valence-corrected chi connectivity index (χ0v) is 20.6. The third-order valence-corrected chi connectivity index (χ3v) is 6.16. The van der Waals surface area contributed by atoms with Crippen LogP contribution in [0.3, 0.4) is 0 Å². The first-order valence-electron chi connectivity index (χ1n) is 11.0. The van der Waals surface area contributed by atoms with E-state index in [0.29, 0.717) is 49.8 Å². The van der Waals surface area contributed by atoms with E-state index in [9.17, 15) is 19.8 Å². The number of fused-ring (bicyclic) bond motifs is 1. The molecular formula is C24H24N6O5S. The number of carbonyl (C=O) groups is 2. The maximum absolute atomic E-state index is 12.0. The lowest BCUT2D eigenvalue weighted by atomic mass is 10.00. The molecule has 0 aliphatic carbocycles. The van der Waals surface area contributed by atoms with Crippen molar-refractivity contribution in [2.24, 2.45) is 0 Å². The summed E-state index contributed by atoms with van der Waals surface area (Å²) in [5.41, 5.74) is 1.41. The molecular weight excluding hydrogens is 484 g/mol. The van der Waals surface area contributed by atoms with Gasteiger partial charge in [0, 0.05) is 36.3 Å². The third-order valence-electron chi connectivity index (χ3n) is 5.16. The predicted octanol–water partition coefficient (Wildman–Crippen LogP) is 3.52. The fraction of sp³-hybridized carbons (Fsp3) is 0.250. The number of carboxylic acid groups (broad SMARTS) is 1. The topological polar surface area (TPSA) is 170 Å². The van der Waals surface area contributed by atoms with Gasteiger partial charge in [0.1, 0.15) is 11.4 Å². The lowest BCUT2D eigenvalue weighted by Gasteiger charge is -2.16. The summed E-state index contributed by atoms with van der Waals surface area (Å²) in [6, 6.07) is 4.51. The Morgan fingerprint density at radius 1 is 1.11 bits per heavy atom. The summed E-state index contributed by atoms with van der Waals surface area (Å²) in [4.78, 5) is 40.4. The minimum Gasteiger partial charge on any atom is -0.507 e. The van der Waals surface area contributed by atoms with Crippen LogP contribution in [0.15, 0.2) is 36.8 Å². The van der Waals surface area contributed by atoms with E-state index >= 15 is 0 Å². The number of amides is 2. The van der Waals surface area contributed by atoms with Gasteiger partial charge in [-0.25, -0.2) is 19.7 Å². The molecule has 36 heavy (non-hydrogen) atoms. The van der Waals surface area contributed by atoms with Gasteiger partial charge in [-0.3, -0.25) is 15.1 Å². The number of anilines is 1. The highest BCUT2D eigenvalue weighted by atomic mass is 32.1. The molecule has 0 radical (unpaired) electrons. The fourth-order valence-electron chi connectivity index (χ4n) is 3.50. The number of rotatable bonds is 7. The van der Waals surface area contributed by atoms with Crippen molar-refractivity contribution in [1.29, 1.82) is 0 Å². The average Bonchev–Trinajstić information content (AvgIpc) is 3.20. The number of aromatic hydroxyl groups is 1. The molecule has 3 heterocycles. The Balaban J connectivity index is 1.87. The van der Waals surface area contributed by atoms with E-state index in [1.165, 1.54) is 29.9 Å². The van der Waals surface area contributed by atoms with E-state index in [1.54, 1.807) is 39.0 Å². The Hall–Kier alpha value is -4.16. The molecule has 4 aromatic rings. The SMILES string of the molecule is CCNC(=O)Nc1nc2cc(-c3cnc(C(C)(C)O)nc3)c(O)c(-c3ccc(CC(=O)O)cn3)c2s1. The van der Waals surface area contributed by atoms with Crippen LogP contribution < -0.4 is 10.6 Å². The number of hydrogen-bond acceptors (Lipinski definition) is 9. The minimum atomic E-state index is -1.23. The van der Waals surface area contributed by atoms with Gasteiger partial charge >= 0.3 is 12.0 Å². The van der Waals surface area contributed by atoms with Gasteiger partial charge in [-0.15, -0.1) is 0 Å². The molecule has 0 aliphatic rings. The number of carbonyl (C=O) groups excluding carboxylic acids is 1. The van der Waals surface area contributed by atoms with Gasteiger partial charge in [-0.2, -0.15) is 0 Å². The van der Waals surface area contributed by atoms with Crippen LogP contribution in [0.25, 0.3) is 32.6 Å². The van der Waals surface area contributed by atoms with E-state index in [2.05, 4.69) is 30.6 Å². The summed E-state index contributed by atoms with van der Waals surface area (Å²) in [7, 11) is 0. The molecule has 0 aliphatic heterocycles. The smallest absolute Gasteiger partial charge is 0.321 e. The molecule has 0 unspecified atom stereocenters. The van der Waals surface area contributed by atoms with Gasteiger partial charge in [0.2, 0.25) is 0 Å². The normalized spacial score (nSPS) is 11.4. The van der Waals surface area contributed by atoms with E-state index in [0.717, 1.165) is 0 Å². The zero-order valence-electron chi connectivity index (χ0n) is 19.7. The quantitative estimate of drug-likeness (QED) is 0.250. The lowest BCUT2D eigenvalue weighted by Crippen LogP contribution is -2.28. The number of aliphatic carboxylic acids is 1. The van der Waals surface area contributed by atoms with Crippen molar-refractivity contribution in [3.05, 3.63) is 48.2 Å². The molecule has 0 bridgehead atoms. The standard InChI is InChI=1S/C24H24N6O5S/c1-4-25-22(34)30-23-29-16-8-14(13-10-27-21(28-11-13)24(2,3)35)19(33)18(20(16)36-23)15-6-5-12(9-26-15)7-17(31)32/h5-6,8-11,33,35H,4,7H2,1-3H3,(H,31,32)(H2,25,29,30,34). The van der Waals surface area contributed by atoms with Crippen molar-refractivity contribution >= 4 is 38.7 Å². The van der Waals surface area contributed by atoms with Gasteiger partial charge in [-0.05, 0) is 38.5 Å². The number of pyridine rings is 1. The Morgan fingerprint density at radius 3 is 2.42 bits per heavy atom. The highest BCUT2D eigenvalue weighted by molar-refractivity contribution is 7.23. The van der Waals surface area contributed by atoms with Gasteiger partial charge in [0.25, 0.3) is 0 Å². The maximum Gasteiger partial charge on any atom is 0.321 e. The molecule has 4 rings (SSSR count). The van der Waals surface area contributed by atoms with Crippen LogP contribution in [0.1, 0.15) is 32.2 Å². The van der Waals surface area contributed by atoms with Crippen molar-refractivity contribution in [3.63, 3.8) is 0 Å². The second kappa shape index (κ2) is 9.84. The zero-order chi connectivity index (χ0) is 26.0. The molecule has 5 N–H and O–H groups in total. The van der Waals surface area contributed by atoms with Crippen LogP contribution in [0.5, 0.6) is 5.75 Å². The van der Waals surface area contributed by atoms with Gasteiger partial charge in [0.15, 0.2) is 11.0 Å². The number of nitrogens with zero attached hydrogens (tertiary/aromatic N) is 4. The van der Waals surface area contributed by atoms with Crippen LogP contribution in [0.2, 0.25) is 0 Å². The molecule has 0 saturated carbocycles. The van der Waals surface area contributed by atoms with Crippen molar-refractivity contribution in [2.45, 2.75) is 32.8 Å². The Bertz CT molecular complexity index is 1430. The number of urea groups is 1. The summed E-state index contributed by atoms with van der Waals surface area (Å²) in [5.74, 6) is -0.853. The maximum atomic E-state index is 12.0. The Kier molecular flexibility index (Phi) is 6.82. The highest BCUT2D eigenvalue weighted by Crippen LogP contribution is 2.45. The molecule has 2 amide bonds. The highest BCUT2D eigenvalue weighted by Gasteiger charge is 2.23. The van der Waals surface area contributed by atoms with E-state index in [-0.39, 0.29) is 18.0 Å². The number of hydrogen-bond donors (Lipinski definition) is 5. The molecule has 0 spiro atoms. The number of benzene rings is 1. The van der Waals surface area contributed by atoms with Crippen LogP contribution in [-0.2, 0) is 16.8 Å². The van der Waals surface area contributed by atoms with Crippen LogP contribution >= 0.6 is 11.3 Å². The van der Waals surface area contributed by atoms with Crippen molar-refractivity contribution in [3.8, 4) is 28.1 Å². The Labute approximate surface area is 209 Å². The molecule has 1 aromatic carbocycles. The second-order valence-electron chi connectivity index (χ2n) is 8.48. The molecule has 0 saturated heterocycles. The molecule has 186 valence electrons. The summed E-state index contributed by atoms with van der Waals surface area (Å²) < 4.78 is 0.579. The van der Waals surface area contributed by atoms with Crippen molar-refractivity contribution < 1.29 is 24.9 Å². The number of aromatic nitrogens is 4. The predicted molar refractivity (Wildman–Crippen MR) is 135 cm³/mol. The lowest BCUT2D eigenvalue weighted by molar-refractivity contribution is -0.136. The first kappa shape index (κ1) is 24.9. The van der Waals surface area contributed by atoms with E-state index in [4.69, 9.17) is 5.11 Å². The van der Waals surface area contributed by atoms with E-state index < -0.39 is 17.6 Å². The molecule has 12 heteroatoms. The summed E-state index contributed by atoms with van der Waals surface area (Å²) in [6.07, 6.45) is 4.25. The second-order valence-corrected chi connectivity index (χ2v) is 9.48. The summed E-state index contributed by atoms with van der Waals surface area (Å²) >= 11 is 1.17. The van der Waals surface area contributed by atoms with Crippen molar-refractivity contribution in [2.75, 3.05) is 11.9 Å².